The van der Waals surface area contributed by atoms with Crippen LogP contribution in [0.3, 0.4) is 0 Å². The van der Waals surface area contributed by atoms with E-state index in [0.29, 0.717) is 0 Å². The van der Waals surface area contributed by atoms with E-state index in [4.69, 9.17) is 0 Å². The Hall–Kier alpha value is 5.53. The second kappa shape index (κ2) is 15.8. The molecule has 0 aromatic carbocycles. The Morgan fingerprint density at radius 3 is 0.500 bits per heavy atom. The van der Waals surface area contributed by atoms with Crippen molar-refractivity contribution in [1.29, 1.82) is 0 Å². The van der Waals surface area contributed by atoms with E-state index in [0.717, 1.165) is 0 Å². The quantitative estimate of drug-likeness (QED) is 0.419. The summed E-state index contributed by atoms with van der Waals surface area (Å²) in [7, 11) is 0. The Balaban J connectivity index is 0. The topological polar surface area (TPSA) is 0 Å². The first-order valence-electron chi connectivity index (χ1n) is 0. The fourth-order valence-corrected chi connectivity index (χ4v) is 0. The smallest absolute Gasteiger partial charge is 0 e. The van der Waals surface area contributed by atoms with Crippen molar-refractivity contribution in [2.45, 2.75) is 0 Å². The Labute approximate surface area is 167 Å². The van der Waals surface area contributed by atoms with Crippen LogP contribution in [0.15, 0.2) is 0 Å². The first kappa shape index (κ1) is 22.7. The van der Waals surface area contributed by atoms with E-state index < -0.39 is 0 Å². The van der Waals surface area contributed by atoms with E-state index in [-0.39, 0.29) is 174 Å². The maximum absolute atomic E-state index is 0. The summed E-state index contributed by atoms with van der Waals surface area (Å²) in [6.45, 7) is 0. The molecule has 0 nitrogen and oxygen atoms in total. The van der Waals surface area contributed by atoms with Gasteiger partial charge in [0.25, 0.3) is 0 Å². The fourth-order valence-electron chi connectivity index (χ4n) is 0. The predicted molar refractivity (Wildman–Crippen MR) is 21.4 cm³/mol. The van der Waals surface area contributed by atoms with Gasteiger partial charge < -0.3 is 0 Å². The molecule has 0 aromatic heterocycles. The van der Waals surface area contributed by atoms with E-state index in [1.54, 1.807) is 0 Å². The Morgan fingerprint density at radius 1 is 0.500 bits per heavy atom. The molecule has 0 saturated carbocycles. The molecule has 0 heterocycles. The van der Waals surface area contributed by atoms with Crippen LogP contribution in [0.1, 0.15) is 0 Å². The molecule has 0 aromatic rings. The van der Waals surface area contributed by atoms with Gasteiger partial charge in [0.2, 0.25) is 0 Å². The van der Waals surface area contributed by atoms with Crippen LogP contribution in [0.5, 0.6) is 0 Å². The average Bonchev–Trinajstić information content (AvgIpc) is 0. The van der Waals surface area contributed by atoms with Crippen LogP contribution in [-0.4, -0.2) is 154 Å². The first-order valence-corrected chi connectivity index (χ1v) is 0. The largest absolute Gasteiger partial charge is 0 e. The van der Waals surface area contributed by atoms with Gasteiger partial charge in [0.1, 0.15) is 0 Å². The van der Waals surface area contributed by atoms with E-state index in [1.165, 1.54) is 0 Å². The van der Waals surface area contributed by atoms with Crippen LogP contribution in [-0.2, 0) is 19.5 Å². The molecule has 0 aliphatic carbocycles. The van der Waals surface area contributed by atoms with Gasteiger partial charge in [-0.3, -0.25) is 0 Å². The summed E-state index contributed by atoms with van der Waals surface area (Å²) in [6.07, 6.45) is 0. The van der Waals surface area contributed by atoms with Crippen molar-refractivity contribution < 1.29 is 19.5 Å². The van der Waals surface area contributed by atoms with Gasteiger partial charge in [0.05, 0.1) is 0 Å². The van der Waals surface area contributed by atoms with Gasteiger partial charge in [-0.1, -0.05) is 0 Å². The molecule has 0 aliphatic heterocycles. The third-order valence-electron chi connectivity index (χ3n) is 0. The maximum atomic E-state index is 0. The van der Waals surface area contributed by atoms with Gasteiger partial charge in [-0.2, -0.15) is 0 Å². The van der Waals surface area contributed by atoms with E-state index in [1.807, 2.05) is 0 Å². The maximum Gasteiger partial charge on any atom is 0 e. The second-order valence-electron chi connectivity index (χ2n) is 0. The zero-order valence-electron chi connectivity index (χ0n) is 0.333. The molecular weight excluding hydrogens is 220 g/mol. The molecule has 0 amide bonds. The predicted octanol–water partition coefficient (Wildman–Crippen LogP) is -1.95. The van der Waals surface area contributed by atoms with Gasteiger partial charge >= 0.3 is 154 Å². The molecule has 0 aliphatic rings. The average molecular weight is 223 g/mol. The van der Waals surface area contributed by atoms with E-state index in [2.05, 4.69) is 0 Å². The summed E-state index contributed by atoms with van der Waals surface area (Å²) in [5.41, 5.74) is 0. The van der Waals surface area contributed by atoms with Crippen molar-refractivity contribution >= 4 is 154 Å². The third-order valence-corrected chi connectivity index (χ3v) is 0. The molecule has 0 saturated heterocycles. The van der Waals surface area contributed by atoms with Crippen LogP contribution in [0, 0.1) is 0 Å². The van der Waals surface area contributed by atoms with E-state index in [9.17, 15) is 0 Å². The van der Waals surface area contributed by atoms with Gasteiger partial charge in [-0.25, -0.2) is 0 Å². The minimum Gasteiger partial charge on any atom is 0 e. The van der Waals surface area contributed by atoms with E-state index >= 15 is 0 Å². The molecule has 0 bridgehead atoms. The van der Waals surface area contributed by atoms with Crippen molar-refractivity contribution in [2.75, 3.05) is 0 Å². The molecule has 4 heteroatoms. The Bertz CT molecular complexity index is 3.25. The molecule has 0 spiro atoms. The fraction of sp³-hybridized carbons (Fsp3) is 0. The minimum atomic E-state index is 0. The summed E-state index contributed by atoms with van der Waals surface area (Å²) in [4.78, 5) is 0. The normalized spacial score (nSPS) is 0. The van der Waals surface area contributed by atoms with Gasteiger partial charge in [-0.05, 0) is 0 Å². The van der Waals surface area contributed by atoms with Gasteiger partial charge in [0.15, 0.2) is 0 Å². The monoisotopic (exact) mass is 223 g/mol. The molecule has 0 rings (SSSR count). The van der Waals surface area contributed by atoms with Crippen molar-refractivity contribution in [1.82, 2.24) is 0 Å². The van der Waals surface area contributed by atoms with Crippen molar-refractivity contribution in [2.24, 2.45) is 0 Å². The van der Waals surface area contributed by atoms with Crippen molar-refractivity contribution in [3.8, 4) is 0 Å². The molecular formula is H3K3Rh. The first-order chi connectivity index (χ1) is 0. The summed E-state index contributed by atoms with van der Waals surface area (Å²) in [5.74, 6) is 0. The molecule has 15 valence electrons. The molecule has 0 N–H and O–H groups in total. The third kappa shape index (κ3) is 10.5. The molecule has 0 unspecified atom stereocenters. The minimum absolute atomic E-state index is 0. The molecule has 0 fully saturated rings. The summed E-state index contributed by atoms with van der Waals surface area (Å²) < 4.78 is 0. The van der Waals surface area contributed by atoms with Crippen LogP contribution < -0.4 is 0 Å². The Morgan fingerprint density at radius 2 is 0.500 bits per heavy atom. The molecule has 1 radical (unpaired) electrons. The summed E-state index contributed by atoms with van der Waals surface area (Å²) in [5, 5.41) is 0. The van der Waals surface area contributed by atoms with Crippen molar-refractivity contribution in [3.63, 3.8) is 0 Å². The van der Waals surface area contributed by atoms with Gasteiger partial charge in [-0.15, -0.1) is 0 Å². The van der Waals surface area contributed by atoms with Crippen molar-refractivity contribution in [3.05, 3.63) is 0 Å². The zero-order valence-corrected chi connectivity index (χ0v) is 1.97. The Kier molecular flexibility index (Phi) is 89.7. The SMILES string of the molecule is [KH].[KH].[KH].[Rh]. The molecule has 0 atom stereocenters. The zero-order chi connectivity index (χ0) is 0. The second-order valence-corrected chi connectivity index (χ2v) is 0. The van der Waals surface area contributed by atoms with Crippen LogP contribution in [0.2, 0.25) is 0 Å². The van der Waals surface area contributed by atoms with Crippen LogP contribution in [0.4, 0.5) is 0 Å². The number of rotatable bonds is 0. The van der Waals surface area contributed by atoms with Crippen LogP contribution in [0.25, 0.3) is 0 Å². The number of hydrogen-bond acceptors (Lipinski definition) is 0. The van der Waals surface area contributed by atoms with Crippen LogP contribution >= 0.6 is 0 Å². The summed E-state index contributed by atoms with van der Waals surface area (Å²) in [6, 6.07) is 0. The van der Waals surface area contributed by atoms with Gasteiger partial charge in [0, 0.05) is 19.5 Å². The summed E-state index contributed by atoms with van der Waals surface area (Å²) >= 11 is 0. The molecule has 4 heavy (non-hydrogen) atoms. The standard InChI is InChI=1S/3K.Rh.3H. The number of hydrogen-bond donors (Lipinski definition) is 0.